The summed E-state index contributed by atoms with van der Waals surface area (Å²) >= 11 is 3.23. The van der Waals surface area contributed by atoms with E-state index in [1.54, 1.807) is 0 Å². The molecule has 1 aliphatic carbocycles. The number of nitrogens with zero attached hydrogens (tertiary/aromatic N) is 1. The van der Waals surface area contributed by atoms with Gasteiger partial charge in [-0.1, -0.05) is 35.2 Å². The molecule has 0 bridgehead atoms. The molecule has 0 radical (unpaired) electrons. The number of Topliss-reactive ketones (excluding diaryl/α,β-unsaturated/α-hetero) is 1. The number of hydrogen-bond acceptors (Lipinski definition) is 3. The van der Waals surface area contributed by atoms with E-state index in [1.165, 1.54) is 37.8 Å². The summed E-state index contributed by atoms with van der Waals surface area (Å²) in [6.45, 7) is 2.08. The van der Waals surface area contributed by atoms with Crippen molar-refractivity contribution >= 4 is 27.4 Å². The molecular weight excluding hydrogens is 366 g/mol. The Hall–Kier alpha value is -0.870. The molecule has 0 N–H and O–H groups in total. The number of carbonyl (C=O) groups excluding carboxylic acids is 1. The summed E-state index contributed by atoms with van der Waals surface area (Å²) in [5.74, 6) is 0.869. The summed E-state index contributed by atoms with van der Waals surface area (Å²) in [5, 5.41) is 0.383. The Bertz CT molecular complexity index is 543. The third-order valence-electron chi connectivity index (χ3n) is 6.04. The van der Waals surface area contributed by atoms with Crippen molar-refractivity contribution in [3.8, 4) is 0 Å². The second kappa shape index (κ2) is 8.01. The zero-order valence-electron chi connectivity index (χ0n) is 14.6. The average molecular weight is 394 g/mol. The Morgan fingerprint density at radius 1 is 1.17 bits per heavy atom. The van der Waals surface area contributed by atoms with Gasteiger partial charge in [0, 0.05) is 31.5 Å². The minimum Gasteiger partial charge on any atom is -0.378 e. The van der Waals surface area contributed by atoms with E-state index in [-0.39, 0.29) is 11.4 Å². The van der Waals surface area contributed by atoms with Crippen LogP contribution in [0.25, 0.3) is 0 Å². The number of ketones is 1. The number of carbonyl (C=O) groups is 1. The van der Waals surface area contributed by atoms with Crippen LogP contribution in [0, 0.1) is 5.92 Å². The van der Waals surface area contributed by atoms with Gasteiger partial charge in [0.1, 0.15) is 0 Å². The summed E-state index contributed by atoms with van der Waals surface area (Å²) in [5.41, 5.74) is 2.08. The highest BCUT2D eigenvalue weighted by atomic mass is 79.9. The number of anilines is 1. The Labute approximate surface area is 153 Å². The molecule has 1 heterocycles. The van der Waals surface area contributed by atoms with E-state index in [0.29, 0.717) is 5.33 Å². The molecule has 0 spiro atoms. The van der Waals surface area contributed by atoms with Crippen molar-refractivity contribution in [3.05, 3.63) is 29.8 Å². The number of ether oxygens (including phenoxy) is 1. The third-order valence-corrected chi connectivity index (χ3v) is 6.55. The van der Waals surface area contributed by atoms with Gasteiger partial charge in [-0.05, 0) is 55.9 Å². The molecule has 1 aromatic carbocycles. The largest absolute Gasteiger partial charge is 0.378 e. The lowest BCUT2D eigenvalue weighted by molar-refractivity contribution is -0.0856. The molecule has 1 aliphatic heterocycles. The fourth-order valence-corrected chi connectivity index (χ4v) is 4.81. The Morgan fingerprint density at radius 3 is 2.33 bits per heavy atom. The van der Waals surface area contributed by atoms with Crippen LogP contribution in [0.3, 0.4) is 0 Å². The van der Waals surface area contributed by atoms with E-state index in [9.17, 15) is 4.79 Å². The monoisotopic (exact) mass is 393 g/mol. The van der Waals surface area contributed by atoms with Crippen molar-refractivity contribution in [2.75, 3.05) is 30.4 Å². The van der Waals surface area contributed by atoms with Gasteiger partial charge in [0.15, 0.2) is 5.78 Å². The van der Waals surface area contributed by atoms with Crippen molar-refractivity contribution in [3.63, 3.8) is 0 Å². The molecule has 1 saturated heterocycles. The molecule has 24 heavy (non-hydrogen) atoms. The number of rotatable bonds is 5. The second-order valence-corrected chi connectivity index (χ2v) is 7.76. The SMILES string of the molecule is COC1(C2CCCCC2)CCN(c2ccc(C(=O)CBr)cc2)CC1. The molecular formula is C20H28BrNO2. The Balaban J connectivity index is 1.64. The number of methoxy groups -OCH3 is 1. The first-order valence-corrected chi connectivity index (χ1v) is 10.3. The van der Waals surface area contributed by atoms with E-state index < -0.39 is 0 Å². The molecule has 4 heteroatoms. The van der Waals surface area contributed by atoms with Crippen LogP contribution in [0.2, 0.25) is 0 Å². The normalized spacial score (nSPS) is 21.7. The first kappa shape index (κ1) is 17.9. The number of halogens is 1. The van der Waals surface area contributed by atoms with Gasteiger partial charge in [-0.3, -0.25) is 4.79 Å². The minimum atomic E-state index is 0.0861. The fourth-order valence-electron chi connectivity index (χ4n) is 4.49. The molecule has 0 amide bonds. The summed E-state index contributed by atoms with van der Waals surface area (Å²) in [4.78, 5) is 14.2. The van der Waals surface area contributed by atoms with E-state index in [1.807, 2.05) is 19.2 Å². The van der Waals surface area contributed by atoms with E-state index in [4.69, 9.17) is 4.74 Å². The van der Waals surface area contributed by atoms with Crippen LogP contribution in [0.15, 0.2) is 24.3 Å². The number of piperidine rings is 1. The summed E-state index contributed by atoms with van der Waals surface area (Å²) in [6, 6.07) is 8.04. The van der Waals surface area contributed by atoms with Crippen LogP contribution in [0.1, 0.15) is 55.3 Å². The summed E-state index contributed by atoms with van der Waals surface area (Å²) in [7, 11) is 1.91. The third kappa shape index (κ3) is 3.70. The molecule has 1 saturated carbocycles. The molecule has 0 aromatic heterocycles. The zero-order valence-corrected chi connectivity index (χ0v) is 16.2. The molecule has 0 unspecified atom stereocenters. The second-order valence-electron chi connectivity index (χ2n) is 7.19. The molecule has 1 aromatic rings. The van der Waals surface area contributed by atoms with Gasteiger partial charge in [-0.15, -0.1) is 0 Å². The lowest BCUT2D eigenvalue weighted by atomic mass is 9.72. The van der Waals surface area contributed by atoms with Crippen molar-refractivity contribution in [2.45, 2.75) is 50.5 Å². The maximum Gasteiger partial charge on any atom is 0.173 e. The van der Waals surface area contributed by atoms with Crippen molar-refractivity contribution < 1.29 is 9.53 Å². The van der Waals surface area contributed by atoms with Gasteiger partial charge >= 0.3 is 0 Å². The van der Waals surface area contributed by atoms with Gasteiger partial charge in [0.25, 0.3) is 0 Å². The van der Waals surface area contributed by atoms with Crippen molar-refractivity contribution in [1.29, 1.82) is 0 Å². The molecule has 2 fully saturated rings. The predicted molar refractivity (Wildman–Crippen MR) is 102 cm³/mol. The maximum atomic E-state index is 11.7. The van der Waals surface area contributed by atoms with Crippen LogP contribution in [-0.2, 0) is 4.74 Å². The van der Waals surface area contributed by atoms with Crippen LogP contribution >= 0.6 is 15.9 Å². The molecule has 2 aliphatic rings. The van der Waals surface area contributed by atoms with Gasteiger partial charge in [0.2, 0.25) is 0 Å². The highest BCUT2D eigenvalue weighted by Crippen LogP contribution is 2.42. The van der Waals surface area contributed by atoms with Crippen LogP contribution in [-0.4, -0.2) is 36.9 Å². The number of alkyl halides is 1. The molecule has 132 valence electrons. The van der Waals surface area contributed by atoms with E-state index in [2.05, 4.69) is 33.0 Å². The summed E-state index contributed by atoms with van der Waals surface area (Å²) in [6.07, 6.45) is 8.99. The van der Waals surface area contributed by atoms with Gasteiger partial charge in [-0.25, -0.2) is 0 Å². The highest BCUT2D eigenvalue weighted by Gasteiger charge is 2.41. The van der Waals surface area contributed by atoms with Crippen molar-refractivity contribution in [1.82, 2.24) is 0 Å². The van der Waals surface area contributed by atoms with Crippen LogP contribution in [0.5, 0.6) is 0 Å². The standard InChI is InChI=1S/C20H28BrNO2/c1-24-20(17-5-3-2-4-6-17)11-13-22(14-12-20)18-9-7-16(8-10-18)19(23)15-21/h7-10,17H,2-6,11-15H2,1H3. The highest BCUT2D eigenvalue weighted by molar-refractivity contribution is 9.09. The Kier molecular flexibility index (Phi) is 5.98. The van der Waals surface area contributed by atoms with Crippen LogP contribution < -0.4 is 4.90 Å². The smallest absolute Gasteiger partial charge is 0.173 e. The van der Waals surface area contributed by atoms with Gasteiger partial charge < -0.3 is 9.64 Å². The lowest BCUT2D eigenvalue weighted by Crippen LogP contribution is -2.50. The lowest BCUT2D eigenvalue weighted by Gasteiger charge is -2.47. The topological polar surface area (TPSA) is 29.5 Å². The quantitative estimate of drug-likeness (QED) is 0.529. The van der Waals surface area contributed by atoms with Gasteiger partial charge in [0.05, 0.1) is 10.9 Å². The summed E-state index contributed by atoms with van der Waals surface area (Å²) < 4.78 is 6.09. The Morgan fingerprint density at radius 2 is 1.79 bits per heavy atom. The van der Waals surface area contributed by atoms with E-state index >= 15 is 0 Å². The number of hydrogen-bond donors (Lipinski definition) is 0. The molecule has 3 nitrogen and oxygen atoms in total. The maximum absolute atomic E-state index is 11.7. The fraction of sp³-hybridized carbons (Fsp3) is 0.650. The zero-order chi connectivity index (χ0) is 17.0. The van der Waals surface area contributed by atoms with E-state index in [0.717, 1.165) is 37.4 Å². The number of benzene rings is 1. The first-order valence-electron chi connectivity index (χ1n) is 9.18. The molecule has 0 atom stereocenters. The minimum absolute atomic E-state index is 0.0861. The predicted octanol–water partition coefficient (Wildman–Crippen LogP) is 4.83. The molecule has 3 rings (SSSR count). The first-order chi connectivity index (χ1) is 11.7. The van der Waals surface area contributed by atoms with Gasteiger partial charge in [-0.2, -0.15) is 0 Å². The average Bonchev–Trinajstić information content (AvgIpc) is 2.68. The van der Waals surface area contributed by atoms with Crippen LogP contribution in [0.4, 0.5) is 5.69 Å². The van der Waals surface area contributed by atoms with Crippen molar-refractivity contribution in [2.24, 2.45) is 5.92 Å².